The number of aryl methyl sites for hydroxylation is 1. The molecule has 2 N–H and O–H groups in total. The van der Waals surface area contributed by atoms with Crippen LogP contribution in [0.4, 0.5) is 11.6 Å². The Balaban J connectivity index is 1.80. The fraction of sp³-hybridized carbons (Fsp3) is 0.467. The minimum atomic E-state index is -0.400. The fourth-order valence-electron chi connectivity index (χ4n) is 1.93. The molecule has 0 saturated carbocycles. The highest BCUT2D eigenvalue weighted by molar-refractivity contribution is 8.01. The highest BCUT2D eigenvalue weighted by atomic mass is 32.2. The summed E-state index contributed by atoms with van der Waals surface area (Å²) in [7, 11) is 0. The number of thioether (sulfide) groups is 1. The third-order valence-electron chi connectivity index (χ3n) is 3.14. The van der Waals surface area contributed by atoms with Gasteiger partial charge in [0, 0.05) is 18.2 Å². The fourth-order valence-corrected chi connectivity index (χ4v) is 2.62. The Hall–Kier alpha value is -2.29. The lowest BCUT2D eigenvalue weighted by molar-refractivity contribution is -0.115. The third kappa shape index (κ3) is 4.85. The van der Waals surface area contributed by atoms with Gasteiger partial charge in [-0.25, -0.2) is 4.68 Å². The topological polar surface area (TPSA) is 102 Å². The zero-order valence-electron chi connectivity index (χ0n) is 14.1. The summed E-state index contributed by atoms with van der Waals surface area (Å²) in [5.41, 5.74) is 0. The molecule has 0 aliphatic heterocycles. The molecule has 2 amide bonds. The van der Waals surface area contributed by atoms with Crippen LogP contribution in [0, 0.1) is 6.92 Å². The molecule has 0 spiro atoms. The molecule has 9 heteroatoms. The molecule has 0 fully saturated rings. The van der Waals surface area contributed by atoms with E-state index in [4.69, 9.17) is 4.52 Å². The number of carbonyl (C=O) groups is 2. The van der Waals surface area contributed by atoms with Gasteiger partial charge >= 0.3 is 0 Å². The van der Waals surface area contributed by atoms with Gasteiger partial charge in [-0.2, -0.15) is 5.10 Å². The summed E-state index contributed by atoms with van der Waals surface area (Å²) >= 11 is 1.24. The molecule has 24 heavy (non-hydrogen) atoms. The molecular formula is C15H21N5O3S. The predicted molar refractivity (Wildman–Crippen MR) is 93.0 cm³/mol. The number of nitrogens with one attached hydrogen (secondary N) is 2. The van der Waals surface area contributed by atoms with Crippen LogP contribution < -0.4 is 10.6 Å². The summed E-state index contributed by atoms with van der Waals surface area (Å²) in [6.45, 7) is 7.44. The first-order valence-electron chi connectivity index (χ1n) is 7.56. The van der Waals surface area contributed by atoms with Crippen molar-refractivity contribution in [2.75, 3.05) is 16.4 Å². The molecule has 0 aliphatic rings. The lowest BCUT2D eigenvalue weighted by Gasteiger charge is -2.13. The summed E-state index contributed by atoms with van der Waals surface area (Å²) < 4.78 is 6.62. The quantitative estimate of drug-likeness (QED) is 0.794. The van der Waals surface area contributed by atoms with Crippen molar-refractivity contribution in [3.63, 3.8) is 0 Å². The van der Waals surface area contributed by atoms with Crippen molar-refractivity contribution in [2.45, 2.75) is 39.0 Å². The highest BCUT2D eigenvalue weighted by Gasteiger charge is 2.17. The molecule has 1 unspecified atom stereocenters. The smallest absolute Gasteiger partial charge is 0.238 e. The lowest BCUT2D eigenvalue weighted by Crippen LogP contribution is -2.25. The molecule has 0 radical (unpaired) electrons. The number of hydrogen-bond acceptors (Lipinski definition) is 6. The molecule has 0 bridgehead atoms. The van der Waals surface area contributed by atoms with Crippen molar-refractivity contribution in [3.05, 3.63) is 24.1 Å². The first kappa shape index (κ1) is 18.1. The molecule has 0 saturated heterocycles. The summed E-state index contributed by atoms with van der Waals surface area (Å²) in [6.07, 6.45) is 1.64. The van der Waals surface area contributed by atoms with Crippen molar-refractivity contribution in [3.8, 4) is 0 Å². The average Bonchev–Trinajstić information content (AvgIpc) is 3.13. The van der Waals surface area contributed by atoms with Crippen molar-refractivity contribution >= 4 is 35.2 Å². The number of nitrogens with zero attached hydrogens (tertiary/aromatic N) is 3. The van der Waals surface area contributed by atoms with E-state index in [0.717, 1.165) is 0 Å². The van der Waals surface area contributed by atoms with E-state index in [-0.39, 0.29) is 23.6 Å². The molecule has 2 aromatic rings. The molecular weight excluding hydrogens is 330 g/mol. The molecule has 130 valence electrons. The van der Waals surface area contributed by atoms with E-state index in [1.54, 1.807) is 36.9 Å². The van der Waals surface area contributed by atoms with E-state index in [2.05, 4.69) is 20.9 Å². The summed E-state index contributed by atoms with van der Waals surface area (Å²) in [5, 5.41) is 12.9. The zero-order chi connectivity index (χ0) is 17.7. The van der Waals surface area contributed by atoms with Gasteiger partial charge in [-0.1, -0.05) is 5.16 Å². The maximum atomic E-state index is 12.0. The van der Waals surface area contributed by atoms with Crippen LogP contribution in [0.1, 0.15) is 32.6 Å². The van der Waals surface area contributed by atoms with Crippen LogP contribution >= 0.6 is 11.8 Å². The standard InChI is InChI=1S/C15H21N5O3S/c1-9(2)20-13(5-6-16-20)18-14(21)8-24-11(4)15(22)17-12-7-10(3)23-19-12/h5-7,9,11H,8H2,1-4H3,(H,18,21)(H,17,19,22). The summed E-state index contributed by atoms with van der Waals surface area (Å²) in [6, 6.07) is 3.53. The number of rotatable bonds is 7. The Labute approximate surface area is 144 Å². The van der Waals surface area contributed by atoms with E-state index >= 15 is 0 Å². The van der Waals surface area contributed by atoms with Crippen LogP contribution in [-0.2, 0) is 9.59 Å². The second-order valence-corrected chi connectivity index (χ2v) is 6.90. The Bertz CT molecular complexity index is 710. The molecule has 2 rings (SSSR count). The molecule has 1 atom stereocenters. The number of anilines is 2. The van der Waals surface area contributed by atoms with Gasteiger partial charge in [0.1, 0.15) is 11.6 Å². The Morgan fingerprint density at radius 2 is 2.08 bits per heavy atom. The van der Waals surface area contributed by atoms with Gasteiger partial charge in [-0.15, -0.1) is 11.8 Å². The summed E-state index contributed by atoms with van der Waals surface area (Å²) in [5.74, 6) is 1.39. The monoisotopic (exact) mass is 351 g/mol. The molecule has 0 aromatic carbocycles. The van der Waals surface area contributed by atoms with Gasteiger partial charge in [-0.3, -0.25) is 9.59 Å². The second kappa shape index (κ2) is 8.00. The van der Waals surface area contributed by atoms with Crippen LogP contribution in [0.15, 0.2) is 22.9 Å². The molecule has 0 aliphatic carbocycles. The molecule has 8 nitrogen and oxygen atoms in total. The van der Waals surface area contributed by atoms with Crippen molar-refractivity contribution < 1.29 is 14.1 Å². The summed E-state index contributed by atoms with van der Waals surface area (Å²) in [4.78, 5) is 24.1. The van der Waals surface area contributed by atoms with Crippen molar-refractivity contribution in [1.82, 2.24) is 14.9 Å². The largest absolute Gasteiger partial charge is 0.360 e. The van der Waals surface area contributed by atoms with E-state index in [1.807, 2.05) is 13.8 Å². The minimum absolute atomic E-state index is 0.151. The Morgan fingerprint density at radius 3 is 2.71 bits per heavy atom. The number of carbonyl (C=O) groups excluding carboxylic acids is 2. The van der Waals surface area contributed by atoms with Gasteiger partial charge in [0.05, 0.1) is 17.2 Å². The van der Waals surface area contributed by atoms with Crippen LogP contribution in [0.5, 0.6) is 0 Å². The van der Waals surface area contributed by atoms with E-state index in [1.165, 1.54) is 11.8 Å². The first-order chi connectivity index (χ1) is 11.4. The van der Waals surface area contributed by atoms with Gasteiger partial charge in [0.25, 0.3) is 0 Å². The molecule has 2 aromatic heterocycles. The highest BCUT2D eigenvalue weighted by Crippen LogP contribution is 2.16. The number of amides is 2. The lowest BCUT2D eigenvalue weighted by atomic mass is 10.4. The van der Waals surface area contributed by atoms with Gasteiger partial charge in [0.15, 0.2) is 5.82 Å². The van der Waals surface area contributed by atoms with Crippen molar-refractivity contribution in [2.24, 2.45) is 0 Å². The van der Waals surface area contributed by atoms with Gasteiger partial charge < -0.3 is 15.2 Å². The SMILES string of the molecule is Cc1cc(NC(=O)C(C)SCC(=O)Nc2ccnn2C(C)C)no1. The van der Waals surface area contributed by atoms with Gasteiger partial charge in [0.2, 0.25) is 11.8 Å². The predicted octanol–water partition coefficient (Wildman–Crippen LogP) is 2.46. The van der Waals surface area contributed by atoms with Crippen molar-refractivity contribution in [1.29, 1.82) is 0 Å². The van der Waals surface area contributed by atoms with Crippen LogP contribution in [0.3, 0.4) is 0 Å². The van der Waals surface area contributed by atoms with E-state index in [9.17, 15) is 9.59 Å². The number of hydrogen-bond donors (Lipinski definition) is 2. The normalized spacial score (nSPS) is 12.2. The second-order valence-electron chi connectivity index (χ2n) is 5.57. The Morgan fingerprint density at radius 1 is 1.33 bits per heavy atom. The van der Waals surface area contributed by atoms with E-state index < -0.39 is 5.25 Å². The van der Waals surface area contributed by atoms with Crippen LogP contribution in [0.2, 0.25) is 0 Å². The average molecular weight is 351 g/mol. The van der Waals surface area contributed by atoms with Crippen LogP contribution in [-0.4, -0.2) is 37.8 Å². The molecule has 2 heterocycles. The maximum absolute atomic E-state index is 12.0. The van der Waals surface area contributed by atoms with Crippen LogP contribution in [0.25, 0.3) is 0 Å². The van der Waals surface area contributed by atoms with Gasteiger partial charge in [-0.05, 0) is 27.7 Å². The Kier molecular flexibility index (Phi) is 6.02. The zero-order valence-corrected chi connectivity index (χ0v) is 14.9. The van der Waals surface area contributed by atoms with E-state index in [0.29, 0.717) is 17.4 Å². The number of aromatic nitrogens is 3. The minimum Gasteiger partial charge on any atom is -0.360 e. The maximum Gasteiger partial charge on any atom is 0.238 e. The first-order valence-corrected chi connectivity index (χ1v) is 8.61. The third-order valence-corrected chi connectivity index (χ3v) is 4.28.